The molecular weight excluding hydrogens is 182 g/mol. The van der Waals surface area contributed by atoms with Crippen molar-refractivity contribution in [3.05, 3.63) is 0 Å². The molecule has 3 saturated heterocycles. The number of fused-ring (bicyclic) bond motifs is 2. The zero-order valence-electron chi connectivity index (χ0n) is 8.19. The lowest BCUT2D eigenvalue weighted by Gasteiger charge is -2.24. The van der Waals surface area contributed by atoms with Crippen LogP contribution in [0.1, 0.15) is 19.3 Å². The van der Waals surface area contributed by atoms with Crippen LogP contribution in [0.3, 0.4) is 0 Å². The minimum atomic E-state index is -0.339. The van der Waals surface area contributed by atoms with Crippen molar-refractivity contribution in [3.63, 3.8) is 0 Å². The Kier molecular flexibility index (Phi) is 2.24. The lowest BCUT2D eigenvalue weighted by Crippen LogP contribution is -2.48. The molecule has 4 heteroatoms. The maximum atomic E-state index is 9.59. The van der Waals surface area contributed by atoms with Crippen molar-refractivity contribution in [1.29, 1.82) is 0 Å². The molecular formula is C10H17NO3. The number of rotatable bonds is 2. The fourth-order valence-corrected chi connectivity index (χ4v) is 2.79. The van der Waals surface area contributed by atoms with Crippen molar-refractivity contribution >= 4 is 0 Å². The highest BCUT2D eigenvalue weighted by Crippen LogP contribution is 2.34. The van der Waals surface area contributed by atoms with Crippen LogP contribution in [0.5, 0.6) is 0 Å². The van der Waals surface area contributed by atoms with Gasteiger partial charge in [-0.15, -0.1) is 0 Å². The Bertz CT molecular complexity index is 223. The van der Waals surface area contributed by atoms with E-state index in [1.807, 2.05) is 0 Å². The molecule has 80 valence electrons. The molecule has 2 N–H and O–H groups in total. The molecule has 14 heavy (non-hydrogen) atoms. The Labute approximate surface area is 83.6 Å². The van der Waals surface area contributed by atoms with Crippen LogP contribution in [0, 0.1) is 0 Å². The first kappa shape index (κ1) is 9.09. The van der Waals surface area contributed by atoms with Crippen LogP contribution in [0.15, 0.2) is 0 Å². The standard InChI is InChI=1S/C10H17NO3/c12-9-5-13-4-8(9)11-7-3-6-1-2-10(7)14-6/h6-12H,1-5H2. The molecule has 2 bridgehead atoms. The summed E-state index contributed by atoms with van der Waals surface area (Å²) in [6, 6.07) is 0.554. The van der Waals surface area contributed by atoms with Crippen molar-refractivity contribution in [2.45, 2.75) is 49.7 Å². The van der Waals surface area contributed by atoms with Crippen LogP contribution >= 0.6 is 0 Å². The maximum Gasteiger partial charge on any atom is 0.0948 e. The molecule has 0 saturated carbocycles. The number of nitrogens with one attached hydrogen (secondary N) is 1. The summed E-state index contributed by atoms with van der Waals surface area (Å²) in [5.74, 6) is 0. The topological polar surface area (TPSA) is 50.7 Å². The molecule has 4 nitrogen and oxygen atoms in total. The van der Waals surface area contributed by atoms with E-state index in [0.717, 1.165) is 6.42 Å². The summed E-state index contributed by atoms with van der Waals surface area (Å²) in [7, 11) is 0. The SMILES string of the molecule is OC1COCC1NC1CC2CCC1O2. The average Bonchev–Trinajstić information content (AvgIpc) is 2.83. The van der Waals surface area contributed by atoms with Gasteiger partial charge >= 0.3 is 0 Å². The van der Waals surface area contributed by atoms with Gasteiger partial charge in [-0.25, -0.2) is 0 Å². The summed E-state index contributed by atoms with van der Waals surface area (Å²) >= 11 is 0. The maximum absolute atomic E-state index is 9.59. The predicted molar refractivity (Wildman–Crippen MR) is 50.0 cm³/mol. The van der Waals surface area contributed by atoms with Crippen molar-refractivity contribution in [2.75, 3.05) is 13.2 Å². The van der Waals surface area contributed by atoms with Gasteiger partial charge < -0.3 is 19.9 Å². The Morgan fingerprint density at radius 1 is 1.14 bits per heavy atom. The van der Waals surface area contributed by atoms with Crippen molar-refractivity contribution in [3.8, 4) is 0 Å². The summed E-state index contributed by atoms with van der Waals surface area (Å²) < 4.78 is 11.0. The van der Waals surface area contributed by atoms with E-state index in [0.29, 0.717) is 31.5 Å². The molecule has 3 fully saturated rings. The molecule has 0 aromatic rings. The van der Waals surface area contributed by atoms with Gasteiger partial charge in [-0.1, -0.05) is 0 Å². The van der Waals surface area contributed by atoms with Gasteiger partial charge in [-0.2, -0.15) is 0 Å². The van der Waals surface area contributed by atoms with Crippen LogP contribution in [0.4, 0.5) is 0 Å². The van der Waals surface area contributed by atoms with Crippen LogP contribution < -0.4 is 5.32 Å². The molecule has 5 atom stereocenters. The zero-order valence-corrected chi connectivity index (χ0v) is 8.19. The largest absolute Gasteiger partial charge is 0.389 e. The van der Waals surface area contributed by atoms with Crippen molar-refractivity contribution in [1.82, 2.24) is 5.32 Å². The number of hydrogen-bond acceptors (Lipinski definition) is 4. The number of aliphatic hydroxyl groups is 1. The molecule has 3 aliphatic rings. The molecule has 3 aliphatic heterocycles. The van der Waals surface area contributed by atoms with Gasteiger partial charge in [0.1, 0.15) is 0 Å². The molecule has 0 aromatic heterocycles. The van der Waals surface area contributed by atoms with E-state index in [1.54, 1.807) is 0 Å². The number of ether oxygens (including phenoxy) is 2. The van der Waals surface area contributed by atoms with Gasteiger partial charge in [0, 0.05) is 6.04 Å². The first-order chi connectivity index (χ1) is 6.83. The highest BCUT2D eigenvalue weighted by molar-refractivity contribution is 4.97. The van der Waals surface area contributed by atoms with Crippen molar-refractivity contribution in [2.24, 2.45) is 0 Å². The molecule has 0 amide bonds. The highest BCUT2D eigenvalue weighted by atomic mass is 16.5. The van der Waals surface area contributed by atoms with E-state index in [4.69, 9.17) is 9.47 Å². The van der Waals surface area contributed by atoms with E-state index in [9.17, 15) is 5.11 Å². The van der Waals surface area contributed by atoms with Gasteiger partial charge in [0.15, 0.2) is 0 Å². The summed E-state index contributed by atoms with van der Waals surface area (Å²) in [5, 5.41) is 13.1. The minimum absolute atomic E-state index is 0.114. The van der Waals surface area contributed by atoms with E-state index in [2.05, 4.69) is 5.32 Å². The van der Waals surface area contributed by atoms with E-state index < -0.39 is 0 Å². The average molecular weight is 199 g/mol. The van der Waals surface area contributed by atoms with Gasteiger partial charge in [-0.05, 0) is 19.3 Å². The van der Waals surface area contributed by atoms with Gasteiger partial charge in [0.2, 0.25) is 0 Å². The van der Waals surface area contributed by atoms with E-state index >= 15 is 0 Å². The van der Waals surface area contributed by atoms with E-state index in [-0.39, 0.29) is 12.1 Å². The minimum Gasteiger partial charge on any atom is -0.389 e. The quantitative estimate of drug-likeness (QED) is 0.638. The lowest BCUT2D eigenvalue weighted by molar-refractivity contribution is 0.0909. The van der Waals surface area contributed by atoms with Gasteiger partial charge in [0.05, 0.1) is 37.6 Å². The Morgan fingerprint density at radius 2 is 2.07 bits per heavy atom. The summed E-state index contributed by atoms with van der Waals surface area (Å²) in [5.41, 5.74) is 0. The molecule has 0 radical (unpaired) electrons. The second-order valence-corrected chi connectivity index (χ2v) is 4.59. The summed E-state index contributed by atoms with van der Waals surface area (Å²) in [4.78, 5) is 0. The molecule has 3 heterocycles. The van der Waals surface area contributed by atoms with Crippen molar-refractivity contribution < 1.29 is 14.6 Å². The third kappa shape index (κ3) is 1.46. The van der Waals surface area contributed by atoms with Crippen LogP contribution in [-0.4, -0.2) is 48.7 Å². The van der Waals surface area contributed by atoms with Crippen LogP contribution in [0.2, 0.25) is 0 Å². The summed E-state index contributed by atoms with van der Waals surface area (Å²) in [6.07, 6.45) is 4.01. The van der Waals surface area contributed by atoms with Crippen LogP contribution in [0.25, 0.3) is 0 Å². The highest BCUT2D eigenvalue weighted by Gasteiger charge is 2.42. The van der Waals surface area contributed by atoms with E-state index in [1.165, 1.54) is 12.8 Å². The normalized spacial score (nSPS) is 51.6. The predicted octanol–water partition coefficient (Wildman–Crippen LogP) is -0.344. The van der Waals surface area contributed by atoms with Crippen LogP contribution in [-0.2, 0) is 9.47 Å². The summed E-state index contributed by atoms with van der Waals surface area (Å²) in [6.45, 7) is 1.11. The van der Waals surface area contributed by atoms with Gasteiger partial charge in [-0.3, -0.25) is 0 Å². The fraction of sp³-hybridized carbons (Fsp3) is 1.00. The number of hydrogen-bond donors (Lipinski definition) is 2. The second-order valence-electron chi connectivity index (χ2n) is 4.59. The first-order valence-electron chi connectivity index (χ1n) is 5.50. The zero-order chi connectivity index (χ0) is 9.54. The third-order valence-electron chi connectivity index (χ3n) is 3.58. The Hall–Kier alpha value is -0.160. The molecule has 0 aliphatic carbocycles. The fourth-order valence-electron chi connectivity index (χ4n) is 2.79. The van der Waals surface area contributed by atoms with Gasteiger partial charge in [0.25, 0.3) is 0 Å². The second kappa shape index (κ2) is 3.45. The lowest BCUT2D eigenvalue weighted by atomic mass is 9.94. The Morgan fingerprint density at radius 3 is 2.64 bits per heavy atom. The molecule has 0 aromatic carbocycles. The molecule has 5 unspecified atom stereocenters. The molecule has 3 rings (SSSR count). The number of aliphatic hydroxyl groups excluding tert-OH is 1. The first-order valence-corrected chi connectivity index (χ1v) is 5.50. The molecule has 0 spiro atoms. The monoisotopic (exact) mass is 199 g/mol. The smallest absolute Gasteiger partial charge is 0.0948 e. The Balaban J connectivity index is 1.57. The third-order valence-corrected chi connectivity index (χ3v) is 3.58.